The van der Waals surface area contributed by atoms with Gasteiger partial charge in [0, 0.05) is 17.1 Å². The van der Waals surface area contributed by atoms with Crippen LogP contribution >= 0.6 is 11.3 Å². The third-order valence-electron chi connectivity index (χ3n) is 2.84. The third-order valence-corrected chi connectivity index (χ3v) is 5.97. The summed E-state index contributed by atoms with van der Waals surface area (Å²) in [6, 6.07) is 7.17. The van der Waals surface area contributed by atoms with Crippen molar-refractivity contribution in [3.8, 4) is 0 Å². The lowest BCUT2D eigenvalue weighted by molar-refractivity contribution is 0.582. The summed E-state index contributed by atoms with van der Waals surface area (Å²) in [5.41, 5.74) is 8.04. The third kappa shape index (κ3) is 3.43. The van der Waals surface area contributed by atoms with Crippen LogP contribution in [0.2, 0.25) is 0 Å². The number of nitrogens with zero attached hydrogens (tertiary/aromatic N) is 1. The minimum Gasteiger partial charge on any atom is -0.326 e. The fourth-order valence-corrected chi connectivity index (χ4v) is 4.27. The van der Waals surface area contributed by atoms with Gasteiger partial charge in [0.05, 0.1) is 12.2 Å². The summed E-state index contributed by atoms with van der Waals surface area (Å²) in [5.74, 6) is 0. The van der Waals surface area contributed by atoms with Crippen molar-refractivity contribution in [2.45, 2.75) is 31.1 Å². The van der Waals surface area contributed by atoms with Gasteiger partial charge in [-0.1, -0.05) is 6.07 Å². The van der Waals surface area contributed by atoms with Crippen LogP contribution in [0.1, 0.15) is 21.8 Å². The summed E-state index contributed by atoms with van der Waals surface area (Å²) < 4.78 is 27.3. The average Bonchev–Trinajstić information content (AvgIpc) is 2.79. The van der Waals surface area contributed by atoms with Crippen LogP contribution in [0.3, 0.4) is 0 Å². The molecule has 108 valence electrons. The molecule has 2 heterocycles. The van der Waals surface area contributed by atoms with Crippen LogP contribution in [-0.4, -0.2) is 13.4 Å². The molecule has 0 spiro atoms. The molecular formula is C13H17N3O2S2. The number of hydrogen-bond acceptors (Lipinski definition) is 5. The molecule has 0 radical (unpaired) electrons. The van der Waals surface area contributed by atoms with E-state index >= 15 is 0 Å². The number of nitrogens with two attached hydrogens (primary N) is 1. The minimum absolute atomic E-state index is 0.179. The van der Waals surface area contributed by atoms with E-state index in [-0.39, 0.29) is 6.54 Å². The van der Waals surface area contributed by atoms with Gasteiger partial charge >= 0.3 is 0 Å². The van der Waals surface area contributed by atoms with Crippen molar-refractivity contribution in [2.24, 2.45) is 5.73 Å². The Hall–Kier alpha value is -1.28. The Labute approximate surface area is 122 Å². The van der Waals surface area contributed by atoms with E-state index in [1.807, 2.05) is 26.0 Å². The molecule has 0 atom stereocenters. The molecule has 0 fully saturated rings. The number of aryl methyl sites for hydroxylation is 2. The molecule has 0 aliphatic heterocycles. The number of nitrogens with one attached hydrogen (secondary N) is 1. The van der Waals surface area contributed by atoms with Gasteiger partial charge in [0.25, 0.3) is 0 Å². The molecular weight excluding hydrogens is 294 g/mol. The Morgan fingerprint density at radius 2 is 2.10 bits per heavy atom. The maximum absolute atomic E-state index is 12.2. The highest BCUT2D eigenvalue weighted by Gasteiger charge is 2.18. The van der Waals surface area contributed by atoms with Crippen LogP contribution in [-0.2, 0) is 23.1 Å². The summed E-state index contributed by atoms with van der Waals surface area (Å²) in [7, 11) is -3.51. The largest absolute Gasteiger partial charge is 0.326 e. The first kappa shape index (κ1) is 15.1. The highest BCUT2D eigenvalue weighted by molar-refractivity contribution is 7.91. The number of pyridine rings is 1. The summed E-state index contributed by atoms with van der Waals surface area (Å²) in [5, 5.41) is 0. The molecule has 0 aliphatic rings. The second kappa shape index (κ2) is 6.01. The highest BCUT2D eigenvalue weighted by Crippen LogP contribution is 2.25. The van der Waals surface area contributed by atoms with E-state index in [0.29, 0.717) is 16.4 Å². The van der Waals surface area contributed by atoms with E-state index in [4.69, 9.17) is 5.73 Å². The van der Waals surface area contributed by atoms with E-state index in [2.05, 4.69) is 9.71 Å². The van der Waals surface area contributed by atoms with Crippen LogP contribution < -0.4 is 10.5 Å². The van der Waals surface area contributed by atoms with Crippen molar-refractivity contribution in [2.75, 3.05) is 0 Å². The van der Waals surface area contributed by atoms with Gasteiger partial charge in [-0.3, -0.25) is 4.98 Å². The Balaban J connectivity index is 2.15. The molecule has 2 aromatic rings. The molecule has 0 saturated carbocycles. The van der Waals surface area contributed by atoms with Crippen molar-refractivity contribution in [1.82, 2.24) is 9.71 Å². The smallest absolute Gasteiger partial charge is 0.250 e. The summed E-state index contributed by atoms with van der Waals surface area (Å²) in [6.45, 7) is 4.26. The van der Waals surface area contributed by atoms with E-state index in [1.54, 1.807) is 12.1 Å². The van der Waals surface area contributed by atoms with Gasteiger partial charge in [-0.2, -0.15) is 0 Å². The summed E-state index contributed by atoms with van der Waals surface area (Å²) >= 11 is 1.21. The van der Waals surface area contributed by atoms with Crippen LogP contribution in [0, 0.1) is 13.8 Å². The highest BCUT2D eigenvalue weighted by atomic mass is 32.2. The van der Waals surface area contributed by atoms with E-state index in [9.17, 15) is 8.42 Å². The van der Waals surface area contributed by atoms with Gasteiger partial charge in [-0.25, -0.2) is 13.1 Å². The van der Waals surface area contributed by atoms with Crippen molar-refractivity contribution < 1.29 is 8.42 Å². The lowest BCUT2D eigenvalue weighted by Gasteiger charge is -2.04. The van der Waals surface area contributed by atoms with Gasteiger partial charge < -0.3 is 5.73 Å². The zero-order valence-corrected chi connectivity index (χ0v) is 13.0. The number of aromatic nitrogens is 1. The molecule has 20 heavy (non-hydrogen) atoms. The second-order valence-corrected chi connectivity index (χ2v) is 7.60. The molecule has 0 unspecified atom stereocenters. The number of rotatable bonds is 5. The number of hydrogen-bond donors (Lipinski definition) is 2. The molecule has 3 N–H and O–H groups in total. The topological polar surface area (TPSA) is 85.1 Å². The molecule has 0 saturated heterocycles. The maximum Gasteiger partial charge on any atom is 0.250 e. The zero-order chi connectivity index (χ0) is 14.8. The summed E-state index contributed by atoms with van der Waals surface area (Å²) in [6.07, 6.45) is 0. The van der Waals surface area contributed by atoms with Crippen molar-refractivity contribution in [1.29, 1.82) is 0 Å². The summed E-state index contributed by atoms with van der Waals surface area (Å²) in [4.78, 5) is 5.15. The molecule has 0 bridgehead atoms. The normalized spacial score (nSPS) is 11.8. The van der Waals surface area contributed by atoms with Crippen LogP contribution in [0.15, 0.2) is 28.5 Å². The van der Waals surface area contributed by atoms with Gasteiger partial charge in [0.1, 0.15) is 4.21 Å². The van der Waals surface area contributed by atoms with Gasteiger partial charge in [-0.05, 0) is 37.6 Å². The maximum atomic E-state index is 12.2. The molecule has 2 aromatic heterocycles. The first-order chi connectivity index (χ1) is 9.42. The predicted octanol–water partition coefficient (Wildman–Crippen LogP) is 1.70. The molecule has 0 aliphatic carbocycles. The molecule has 7 heteroatoms. The average molecular weight is 311 g/mol. The molecule has 2 rings (SSSR count). The van der Waals surface area contributed by atoms with Gasteiger partial charge in [0.15, 0.2) is 0 Å². The van der Waals surface area contributed by atoms with Gasteiger partial charge in [-0.15, -0.1) is 11.3 Å². The number of sulfonamides is 1. The molecule has 0 amide bonds. The lowest BCUT2D eigenvalue weighted by Crippen LogP contribution is -2.23. The van der Waals surface area contributed by atoms with Crippen molar-refractivity contribution in [3.05, 3.63) is 46.1 Å². The number of thiophene rings is 1. The monoisotopic (exact) mass is 311 g/mol. The Morgan fingerprint density at radius 1 is 1.35 bits per heavy atom. The lowest BCUT2D eigenvalue weighted by atomic mass is 10.3. The van der Waals surface area contributed by atoms with Crippen molar-refractivity contribution in [3.63, 3.8) is 0 Å². The Kier molecular flexibility index (Phi) is 4.54. The van der Waals surface area contributed by atoms with E-state index in [1.165, 1.54) is 11.3 Å². The standard InChI is InChI=1S/C13H17N3O2S2/c1-9-6-13(19-12(9)7-14)20(17,18)15-8-11-5-3-4-10(2)16-11/h3-6,15H,7-8,14H2,1-2H3. The molecule has 0 aromatic carbocycles. The molecule has 5 nitrogen and oxygen atoms in total. The fourth-order valence-electron chi connectivity index (χ4n) is 1.76. The second-order valence-electron chi connectivity index (χ2n) is 4.47. The fraction of sp³-hybridized carbons (Fsp3) is 0.308. The Morgan fingerprint density at radius 3 is 2.70 bits per heavy atom. The first-order valence-corrected chi connectivity index (χ1v) is 8.44. The van der Waals surface area contributed by atoms with E-state index < -0.39 is 10.0 Å². The SMILES string of the molecule is Cc1cccc(CNS(=O)(=O)c2cc(C)c(CN)s2)n1. The minimum atomic E-state index is -3.51. The zero-order valence-electron chi connectivity index (χ0n) is 11.4. The van der Waals surface area contributed by atoms with Crippen LogP contribution in [0.4, 0.5) is 0 Å². The van der Waals surface area contributed by atoms with Crippen LogP contribution in [0.25, 0.3) is 0 Å². The van der Waals surface area contributed by atoms with Gasteiger partial charge in [0.2, 0.25) is 10.0 Å². The van der Waals surface area contributed by atoms with E-state index in [0.717, 1.165) is 16.1 Å². The predicted molar refractivity (Wildman–Crippen MR) is 79.9 cm³/mol. The van der Waals surface area contributed by atoms with Crippen molar-refractivity contribution >= 4 is 21.4 Å². The Bertz CT molecular complexity index is 708. The first-order valence-electron chi connectivity index (χ1n) is 6.14. The van der Waals surface area contributed by atoms with Crippen LogP contribution in [0.5, 0.6) is 0 Å². The quantitative estimate of drug-likeness (QED) is 0.880.